The van der Waals surface area contributed by atoms with Gasteiger partial charge >= 0.3 is 0 Å². The molecule has 1 heterocycles. The molecule has 156 valence electrons. The lowest BCUT2D eigenvalue weighted by atomic mass is 10.1. The first-order chi connectivity index (χ1) is 14.5. The van der Waals surface area contributed by atoms with Crippen LogP contribution in [0.3, 0.4) is 0 Å². The largest absolute Gasteiger partial charge is 0.497 e. The first kappa shape index (κ1) is 21.4. The molecular weight excluding hydrogens is 452 g/mol. The highest BCUT2D eigenvalue weighted by atomic mass is 79.9. The lowest BCUT2D eigenvalue weighted by Gasteiger charge is -2.11. The van der Waals surface area contributed by atoms with Gasteiger partial charge in [-0.25, -0.2) is 0 Å². The van der Waals surface area contributed by atoms with Crippen LogP contribution in [0.4, 0.5) is 5.69 Å². The number of anilines is 1. The summed E-state index contributed by atoms with van der Waals surface area (Å²) in [5.41, 5.74) is 1.86. The molecule has 2 aromatic carbocycles. The van der Waals surface area contributed by atoms with E-state index in [9.17, 15) is 9.59 Å². The van der Waals surface area contributed by atoms with Crippen LogP contribution in [0.2, 0.25) is 0 Å². The van der Waals surface area contributed by atoms with Gasteiger partial charge in [-0.2, -0.15) is 0 Å². The Hall–Kier alpha value is -3.26. The summed E-state index contributed by atoms with van der Waals surface area (Å²) < 4.78 is 16.3. The molecule has 0 saturated heterocycles. The number of carbonyl (C=O) groups excluding carboxylic acids is 2. The Kier molecular flexibility index (Phi) is 7.13. The van der Waals surface area contributed by atoms with Gasteiger partial charge in [0.25, 0.3) is 11.8 Å². The Morgan fingerprint density at radius 3 is 2.53 bits per heavy atom. The fraction of sp³-hybridized carbons (Fsp3) is 0.182. The fourth-order valence-corrected chi connectivity index (χ4v) is 3.16. The van der Waals surface area contributed by atoms with E-state index in [1.165, 1.54) is 0 Å². The van der Waals surface area contributed by atoms with E-state index in [4.69, 9.17) is 13.9 Å². The minimum Gasteiger partial charge on any atom is -0.497 e. The Morgan fingerprint density at radius 2 is 1.83 bits per heavy atom. The zero-order valence-electron chi connectivity index (χ0n) is 16.5. The number of ether oxygens (including phenoxy) is 2. The Labute approximate surface area is 182 Å². The molecule has 0 fully saturated rings. The number of hydrogen-bond donors (Lipinski definition) is 2. The molecule has 0 spiro atoms. The number of methoxy groups -OCH3 is 2. The maximum atomic E-state index is 12.5. The SMILES string of the molecule is COc1ccc(OC)c(CCNC(=O)c2cccc(NC(=O)c3ccc(Br)o3)c2)c1. The van der Waals surface area contributed by atoms with E-state index in [0.29, 0.717) is 28.9 Å². The first-order valence-electron chi connectivity index (χ1n) is 9.16. The minimum atomic E-state index is -0.400. The third-order valence-electron chi connectivity index (χ3n) is 4.35. The summed E-state index contributed by atoms with van der Waals surface area (Å²) in [6, 6.07) is 15.4. The summed E-state index contributed by atoms with van der Waals surface area (Å²) in [6.45, 7) is 0.416. The van der Waals surface area contributed by atoms with E-state index in [0.717, 1.165) is 17.1 Å². The van der Waals surface area contributed by atoms with Gasteiger partial charge in [0.1, 0.15) is 11.5 Å². The highest BCUT2D eigenvalue weighted by molar-refractivity contribution is 9.10. The fourth-order valence-electron chi connectivity index (χ4n) is 2.86. The standard InChI is InChI=1S/C22H21BrN2O5/c1-28-17-6-7-18(29-2)14(13-17)10-11-24-21(26)15-4-3-5-16(12-15)25-22(27)19-8-9-20(23)30-19/h3-9,12-13H,10-11H2,1-2H3,(H,24,26)(H,25,27). The van der Waals surface area contributed by atoms with Gasteiger partial charge < -0.3 is 24.5 Å². The average molecular weight is 473 g/mol. The van der Waals surface area contributed by atoms with Crippen LogP contribution in [0.1, 0.15) is 26.5 Å². The van der Waals surface area contributed by atoms with E-state index in [1.807, 2.05) is 18.2 Å². The van der Waals surface area contributed by atoms with Crippen LogP contribution in [0.25, 0.3) is 0 Å². The zero-order valence-corrected chi connectivity index (χ0v) is 18.1. The molecule has 3 rings (SSSR count). The molecule has 1 aromatic heterocycles. The third-order valence-corrected chi connectivity index (χ3v) is 4.77. The van der Waals surface area contributed by atoms with Crippen molar-refractivity contribution in [3.63, 3.8) is 0 Å². The predicted molar refractivity (Wildman–Crippen MR) is 116 cm³/mol. The molecule has 2 N–H and O–H groups in total. The molecule has 0 aliphatic rings. The molecule has 7 nitrogen and oxygen atoms in total. The molecule has 0 atom stereocenters. The van der Waals surface area contributed by atoms with Crippen LogP contribution in [0.15, 0.2) is 63.7 Å². The van der Waals surface area contributed by atoms with Gasteiger partial charge in [-0.1, -0.05) is 6.07 Å². The maximum Gasteiger partial charge on any atom is 0.291 e. The van der Waals surface area contributed by atoms with Crippen LogP contribution >= 0.6 is 15.9 Å². The van der Waals surface area contributed by atoms with E-state index < -0.39 is 5.91 Å². The van der Waals surface area contributed by atoms with Gasteiger partial charge in [-0.05, 0) is 76.4 Å². The molecule has 0 radical (unpaired) electrons. The number of carbonyl (C=O) groups is 2. The molecule has 8 heteroatoms. The van der Waals surface area contributed by atoms with Crippen molar-refractivity contribution in [1.82, 2.24) is 5.32 Å². The summed E-state index contributed by atoms with van der Waals surface area (Å²) in [4.78, 5) is 24.7. The van der Waals surface area contributed by atoms with E-state index in [1.54, 1.807) is 50.6 Å². The molecule has 30 heavy (non-hydrogen) atoms. The van der Waals surface area contributed by atoms with Crippen LogP contribution in [0, 0.1) is 0 Å². The number of amides is 2. The topological polar surface area (TPSA) is 89.8 Å². The normalized spacial score (nSPS) is 10.4. The molecule has 0 saturated carbocycles. The number of hydrogen-bond acceptors (Lipinski definition) is 5. The van der Waals surface area contributed by atoms with Gasteiger partial charge in [-0.15, -0.1) is 0 Å². The quantitative estimate of drug-likeness (QED) is 0.510. The first-order valence-corrected chi connectivity index (χ1v) is 9.95. The van der Waals surface area contributed by atoms with Crippen molar-refractivity contribution < 1.29 is 23.5 Å². The number of furan rings is 1. The second-order valence-electron chi connectivity index (χ2n) is 6.32. The van der Waals surface area contributed by atoms with Crippen LogP contribution < -0.4 is 20.1 Å². The van der Waals surface area contributed by atoms with Crippen LogP contribution in [-0.4, -0.2) is 32.6 Å². The Bertz CT molecular complexity index is 1050. The van der Waals surface area contributed by atoms with Crippen molar-refractivity contribution in [1.29, 1.82) is 0 Å². The third kappa shape index (κ3) is 5.42. The molecule has 0 unspecified atom stereocenters. The molecule has 0 aliphatic heterocycles. The van der Waals surface area contributed by atoms with Crippen LogP contribution in [0.5, 0.6) is 11.5 Å². The highest BCUT2D eigenvalue weighted by Crippen LogP contribution is 2.24. The van der Waals surface area contributed by atoms with E-state index >= 15 is 0 Å². The lowest BCUT2D eigenvalue weighted by Crippen LogP contribution is -2.26. The number of rotatable bonds is 8. The summed E-state index contributed by atoms with van der Waals surface area (Å²) in [5, 5.41) is 5.59. The Balaban J connectivity index is 1.60. The molecular formula is C22H21BrN2O5. The lowest BCUT2D eigenvalue weighted by molar-refractivity contribution is 0.0952. The molecule has 3 aromatic rings. The number of benzene rings is 2. The maximum absolute atomic E-state index is 12.5. The highest BCUT2D eigenvalue weighted by Gasteiger charge is 2.13. The average Bonchev–Trinajstić information content (AvgIpc) is 3.20. The van der Waals surface area contributed by atoms with Crippen molar-refractivity contribution in [2.24, 2.45) is 0 Å². The summed E-state index contributed by atoms with van der Waals surface area (Å²) in [5.74, 6) is 0.990. The monoisotopic (exact) mass is 472 g/mol. The zero-order chi connectivity index (χ0) is 21.5. The Morgan fingerprint density at radius 1 is 1.00 bits per heavy atom. The van der Waals surface area contributed by atoms with Gasteiger partial charge in [0.05, 0.1) is 14.2 Å². The van der Waals surface area contributed by atoms with E-state index in [2.05, 4.69) is 26.6 Å². The summed E-state index contributed by atoms with van der Waals surface area (Å²) >= 11 is 3.16. The number of halogens is 1. The van der Waals surface area contributed by atoms with Crippen molar-refractivity contribution >= 4 is 33.4 Å². The van der Waals surface area contributed by atoms with Gasteiger partial charge in [0.15, 0.2) is 10.4 Å². The molecule has 0 aliphatic carbocycles. The van der Waals surface area contributed by atoms with Crippen molar-refractivity contribution in [3.05, 3.63) is 76.2 Å². The van der Waals surface area contributed by atoms with Crippen molar-refractivity contribution in [3.8, 4) is 11.5 Å². The molecule has 0 bridgehead atoms. The summed E-state index contributed by atoms with van der Waals surface area (Å²) in [7, 11) is 3.20. The van der Waals surface area contributed by atoms with Gasteiger partial charge in [-0.3, -0.25) is 9.59 Å². The number of nitrogens with one attached hydrogen (secondary N) is 2. The van der Waals surface area contributed by atoms with Crippen LogP contribution in [-0.2, 0) is 6.42 Å². The van der Waals surface area contributed by atoms with Crippen molar-refractivity contribution in [2.45, 2.75) is 6.42 Å². The summed E-state index contributed by atoms with van der Waals surface area (Å²) in [6.07, 6.45) is 0.579. The second-order valence-corrected chi connectivity index (χ2v) is 7.10. The smallest absolute Gasteiger partial charge is 0.291 e. The van der Waals surface area contributed by atoms with Crippen molar-refractivity contribution in [2.75, 3.05) is 26.1 Å². The van der Waals surface area contributed by atoms with Gasteiger partial charge in [0, 0.05) is 17.8 Å². The molecule has 2 amide bonds. The predicted octanol–water partition coefficient (Wildman–Crippen LogP) is 4.28. The second kappa shape index (κ2) is 9.98. The van der Waals surface area contributed by atoms with Gasteiger partial charge in [0.2, 0.25) is 0 Å². The van der Waals surface area contributed by atoms with E-state index in [-0.39, 0.29) is 11.7 Å². The minimum absolute atomic E-state index is 0.170.